The molecule has 3 N–H and O–H groups in total. The molecule has 0 fully saturated rings. The molecule has 0 radical (unpaired) electrons. The first-order valence-electron chi connectivity index (χ1n) is 10.1. The summed E-state index contributed by atoms with van der Waals surface area (Å²) in [5.74, 6) is 0.820. The monoisotopic (exact) mass is 399 g/mol. The quantitative estimate of drug-likeness (QED) is 0.383. The molecule has 1 heterocycles. The molecule has 0 spiro atoms. The number of hydrogen-bond acceptors (Lipinski definition) is 2. The van der Waals surface area contributed by atoms with Crippen molar-refractivity contribution in [1.82, 2.24) is 10.3 Å². The van der Waals surface area contributed by atoms with Crippen molar-refractivity contribution < 1.29 is 9.53 Å². The summed E-state index contributed by atoms with van der Waals surface area (Å²) in [6.07, 6.45) is 2.04. The number of H-pyrrole nitrogens is 1. The van der Waals surface area contributed by atoms with Crippen molar-refractivity contribution in [1.29, 1.82) is 0 Å². The lowest BCUT2D eigenvalue weighted by Gasteiger charge is -2.18. The van der Waals surface area contributed by atoms with E-state index in [4.69, 9.17) is 4.74 Å². The molecule has 0 aliphatic carbocycles. The zero-order valence-corrected chi connectivity index (χ0v) is 16.9. The summed E-state index contributed by atoms with van der Waals surface area (Å²) in [5, 5.41) is 7.08. The first-order valence-corrected chi connectivity index (χ1v) is 10.1. The molecule has 4 aromatic rings. The highest BCUT2D eigenvalue weighted by Gasteiger charge is 2.19. The largest absolute Gasteiger partial charge is 0.494 e. The standard InChI is InChI=1S/C25H25N3O2/c1-2-30-20-14-12-19(13-15-20)28-25(29)27-16-22(18-8-4-3-5-9-18)23-17-26-24-11-7-6-10-21(23)24/h3-15,17,22,26H,2,16H2,1H3,(H2,27,28,29)/t22-/m0/s1. The number of benzene rings is 3. The molecule has 0 bridgehead atoms. The van der Waals surface area contributed by atoms with Crippen LogP contribution in [0.4, 0.5) is 10.5 Å². The van der Waals surface area contributed by atoms with Crippen LogP contribution in [0.25, 0.3) is 10.9 Å². The van der Waals surface area contributed by atoms with Crippen LogP contribution in [0.5, 0.6) is 5.75 Å². The highest BCUT2D eigenvalue weighted by molar-refractivity contribution is 5.89. The summed E-state index contributed by atoms with van der Waals surface area (Å²) in [5.41, 5.74) is 4.13. The van der Waals surface area contributed by atoms with Gasteiger partial charge in [-0.25, -0.2) is 4.79 Å². The zero-order chi connectivity index (χ0) is 20.8. The predicted molar refractivity (Wildman–Crippen MR) is 121 cm³/mol. The van der Waals surface area contributed by atoms with E-state index in [1.807, 2.05) is 67.7 Å². The van der Waals surface area contributed by atoms with Crippen molar-refractivity contribution in [2.45, 2.75) is 12.8 Å². The van der Waals surface area contributed by atoms with E-state index in [9.17, 15) is 4.79 Å². The zero-order valence-electron chi connectivity index (χ0n) is 16.9. The molecule has 3 aromatic carbocycles. The van der Waals surface area contributed by atoms with Crippen LogP contribution in [-0.2, 0) is 0 Å². The molecule has 4 rings (SSSR count). The Hall–Kier alpha value is -3.73. The van der Waals surface area contributed by atoms with Crippen LogP contribution < -0.4 is 15.4 Å². The highest BCUT2D eigenvalue weighted by atomic mass is 16.5. The van der Waals surface area contributed by atoms with Crippen LogP contribution in [-0.4, -0.2) is 24.2 Å². The fraction of sp³-hybridized carbons (Fsp3) is 0.160. The van der Waals surface area contributed by atoms with Gasteiger partial charge in [0.05, 0.1) is 6.61 Å². The van der Waals surface area contributed by atoms with E-state index in [1.165, 1.54) is 5.39 Å². The minimum Gasteiger partial charge on any atom is -0.494 e. The van der Waals surface area contributed by atoms with E-state index in [0.29, 0.717) is 13.2 Å². The third-order valence-corrected chi connectivity index (χ3v) is 5.09. The smallest absolute Gasteiger partial charge is 0.319 e. The number of nitrogens with one attached hydrogen (secondary N) is 3. The fourth-order valence-electron chi connectivity index (χ4n) is 3.65. The highest BCUT2D eigenvalue weighted by Crippen LogP contribution is 2.30. The number of rotatable bonds is 7. The fourth-order valence-corrected chi connectivity index (χ4v) is 3.65. The van der Waals surface area contributed by atoms with Gasteiger partial charge in [0.1, 0.15) is 5.75 Å². The number of aromatic nitrogens is 1. The van der Waals surface area contributed by atoms with Gasteiger partial charge in [0, 0.05) is 35.2 Å². The SMILES string of the molecule is CCOc1ccc(NC(=O)NC[C@@H](c2ccccc2)c2c[nH]c3ccccc23)cc1. The molecule has 152 valence electrons. The van der Waals surface area contributed by atoms with E-state index in [0.717, 1.165) is 28.1 Å². The Balaban J connectivity index is 1.49. The number of fused-ring (bicyclic) bond motifs is 1. The third kappa shape index (κ3) is 4.46. The van der Waals surface area contributed by atoms with Gasteiger partial charge in [-0.15, -0.1) is 0 Å². The number of ether oxygens (including phenoxy) is 1. The van der Waals surface area contributed by atoms with Crippen molar-refractivity contribution in [2.24, 2.45) is 0 Å². The van der Waals surface area contributed by atoms with Crippen LogP contribution in [0.3, 0.4) is 0 Å². The number of carbonyl (C=O) groups excluding carboxylic acids is 1. The lowest BCUT2D eigenvalue weighted by Crippen LogP contribution is -2.32. The Bertz CT molecular complexity index is 1100. The van der Waals surface area contributed by atoms with Gasteiger partial charge in [-0.1, -0.05) is 48.5 Å². The Morgan fingerprint density at radius 1 is 0.967 bits per heavy atom. The van der Waals surface area contributed by atoms with Gasteiger partial charge in [-0.2, -0.15) is 0 Å². The van der Waals surface area contributed by atoms with Crippen LogP contribution >= 0.6 is 0 Å². The molecule has 0 saturated carbocycles. The minimum atomic E-state index is -0.236. The summed E-state index contributed by atoms with van der Waals surface area (Å²) < 4.78 is 5.44. The maximum atomic E-state index is 12.5. The normalized spacial score (nSPS) is 11.8. The van der Waals surface area contributed by atoms with Crippen LogP contribution in [0.1, 0.15) is 24.0 Å². The lowest BCUT2D eigenvalue weighted by atomic mass is 9.91. The van der Waals surface area contributed by atoms with Gasteiger partial charge in [-0.05, 0) is 48.4 Å². The first-order chi connectivity index (χ1) is 14.7. The molecule has 0 aliphatic rings. The average molecular weight is 399 g/mol. The van der Waals surface area contributed by atoms with Gasteiger partial charge in [0.15, 0.2) is 0 Å². The number of carbonyl (C=O) groups is 1. The third-order valence-electron chi connectivity index (χ3n) is 5.09. The molecule has 0 saturated heterocycles. The number of para-hydroxylation sites is 1. The Morgan fingerprint density at radius 2 is 1.70 bits per heavy atom. The van der Waals surface area contributed by atoms with Crippen LogP contribution in [0, 0.1) is 0 Å². The van der Waals surface area contributed by atoms with E-state index >= 15 is 0 Å². The predicted octanol–water partition coefficient (Wildman–Crippen LogP) is 5.52. The number of anilines is 1. The first kappa shape index (κ1) is 19.6. The number of urea groups is 1. The van der Waals surface area contributed by atoms with Gasteiger partial charge in [0.2, 0.25) is 0 Å². The topological polar surface area (TPSA) is 66.2 Å². The number of hydrogen-bond donors (Lipinski definition) is 3. The second kappa shape index (κ2) is 9.18. The molecule has 5 heteroatoms. The van der Waals surface area contributed by atoms with Gasteiger partial charge >= 0.3 is 6.03 Å². The lowest BCUT2D eigenvalue weighted by molar-refractivity contribution is 0.252. The summed E-state index contributed by atoms with van der Waals surface area (Å²) in [7, 11) is 0. The van der Waals surface area contributed by atoms with Gasteiger partial charge < -0.3 is 20.4 Å². The Morgan fingerprint density at radius 3 is 2.47 bits per heavy atom. The maximum Gasteiger partial charge on any atom is 0.319 e. The van der Waals surface area contributed by atoms with Gasteiger partial charge in [-0.3, -0.25) is 0 Å². The molecule has 2 amide bonds. The van der Waals surface area contributed by atoms with E-state index in [2.05, 4.69) is 39.9 Å². The van der Waals surface area contributed by atoms with Crippen molar-refractivity contribution >= 4 is 22.6 Å². The van der Waals surface area contributed by atoms with E-state index in [1.54, 1.807) is 0 Å². The second-order valence-corrected chi connectivity index (χ2v) is 7.05. The Labute approximate surface area is 176 Å². The molecule has 5 nitrogen and oxygen atoms in total. The van der Waals surface area contributed by atoms with Gasteiger partial charge in [0.25, 0.3) is 0 Å². The summed E-state index contributed by atoms with van der Waals surface area (Å²) in [6, 6.07) is 25.6. The van der Waals surface area contributed by atoms with Crippen molar-refractivity contribution in [3.8, 4) is 5.75 Å². The molecular formula is C25H25N3O2. The molecule has 30 heavy (non-hydrogen) atoms. The van der Waals surface area contributed by atoms with E-state index in [-0.39, 0.29) is 11.9 Å². The molecule has 0 aliphatic heterocycles. The number of aromatic amines is 1. The molecule has 1 aromatic heterocycles. The second-order valence-electron chi connectivity index (χ2n) is 7.05. The van der Waals surface area contributed by atoms with Crippen molar-refractivity contribution in [3.05, 3.63) is 96.2 Å². The summed E-state index contributed by atoms with van der Waals surface area (Å²) in [6.45, 7) is 3.03. The van der Waals surface area contributed by atoms with Crippen LogP contribution in [0.15, 0.2) is 85.1 Å². The van der Waals surface area contributed by atoms with Crippen molar-refractivity contribution in [3.63, 3.8) is 0 Å². The minimum absolute atomic E-state index is 0.0356. The Kier molecular flexibility index (Phi) is 5.99. The molecule has 0 unspecified atom stereocenters. The molecule has 1 atom stereocenters. The summed E-state index contributed by atoms with van der Waals surface area (Å²) in [4.78, 5) is 15.9. The van der Waals surface area contributed by atoms with Crippen molar-refractivity contribution in [2.75, 3.05) is 18.5 Å². The average Bonchev–Trinajstić information content (AvgIpc) is 3.20. The number of amides is 2. The van der Waals surface area contributed by atoms with Crippen LogP contribution in [0.2, 0.25) is 0 Å². The molecular weight excluding hydrogens is 374 g/mol. The van der Waals surface area contributed by atoms with E-state index < -0.39 is 0 Å². The maximum absolute atomic E-state index is 12.5. The summed E-state index contributed by atoms with van der Waals surface area (Å²) >= 11 is 0.